The summed E-state index contributed by atoms with van der Waals surface area (Å²) >= 11 is 0. The van der Waals surface area contributed by atoms with E-state index in [9.17, 15) is 14.7 Å². The first kappa shape index (κ1) is 26.2. The minimum atomic E-state index is -0.396. The molecule has 3 heterocycles. The van der Waals surface area contributed by atoms with Crippen molar-refractivity contribution >= 4 is 28.7 Å². The number of carbonyl (C=O) groups excluding carboxylic acids is 2. The predicted molar refractivity (Wildman–Crippen MR) is 144 cm³/mol. The number of aromatic hydroxyl groups is 1. The highest BCUT2D eigenvalue weighted by Gasteiger charge is 2.25. The highest BCUT2D eigenvalue weighted by Crippen LogP contribution is 2.31. The lowest BCUT2D eigenvalue weighted by Crippen LogP contribution is -2.44. The Morgan fingerprint density at radius 1 is 1.22 bits per heavy atom. The van der Waals surface area contributed by atoms with Crippen molar-refractivity contribution in [1.82, 2.24) is 25.0 Å². The minimum absolute atomic E-state index is 0.0426. The van der Waals surface area contributed by atoms with Crippen LogP contribution in [0, 0.1) is 6.92 Å². The minimum Gasteiger partial charge on any atom is -0.507 e. The fourth-order valence-corrected chi connectivity index (χ4v) is 4.76. The number of phenolic OH excluding ortho intramolecular Hbond substituents is 1. The molecule has 1 aliphatic heterocycles. The summed E-state index contributed by atoms with van der Waals surface area (Å²) in [7, 11) is 0. The molecule has 0 atom stereocenters. The number of hydrogen-bond acceptors (Lipinski definition) is 6. The van der Waals surface area contributed by atoms with Crippen molar-refractivity contribution in [2.45, 2.75) is 72.0 Å². The van der Waals surface area contributed by atoms with E-state index in [0.29, 0.717) is 19.6 Å². The van der Waals surface area contributed by atoms with Gasteiger partial charge < -0.3 is 26.4 Å². The van der Waals surface area contributed by atoms with E-state index in [4.69, 9.17) is 10.7 Å². The average Bonchev–Trinajstić information content (AvgIpc) is 3.25. The number of anilines is 1. The van der Waals surface area contributed by atoms with Gasteiger partial charge in [-0.2, -0.15) is 5.10 Å². The summed E-state index contributed by atoms with van der Waals surface area (Å²) in [5.41, 5.74) is 9.80. The number of aromatic nitrogens is 3. The molecule has 1 aliphatic rings. The summed E-state index contributed by atoms with van der Waals surface area (Å²) in [6.45, 7) is 12.2. The number of urea groups is 1. The summed E-state index contributed by atoms with van der Waals surface area (Å²) in [4.78, 5) is 31.0. The molecule has 1 fully saturated rings. The zero-order valence-corrected chi connectivity index (χ0v) is 22.3. The number of nitrogens with one attached hydrogen (secondary N) is 2. The number of amides is 3. The molecule has 3 aromatic rings. The zero-order valence-electron chi connectivity index (χ0n) is 22.3. The van der Waals surface area contributed by atoms with Crippen molar-refractivity contribution in [3.05, 3.63) is 46.8 Å². The number of pyridine rings is 1. The summed E-state index contributed by atoms with van der Waals surface area (Å²) in [5, 5.41) is 22.5. The van der Waals surface area contributed by atoms with Crippen molar-refractivity contribution in [2.24, 2.45) is 5.73 Å². The maximum Gasteiger partial charge on any atom is 0.314 e. The van der Waals surface area contributed by atoms with Gasteiger partial charge in [0, 0.05) is 43.5 Å². The molecule has 1 aromatic carbocycles. The number of nitrogens with zero attached hydrogens (tertiary/aromatic N) is 4. The van der Waals surface area contributed by atoms with Crippen LogP contribution >= 0.6 is 0 Å². The lowest BCUT2D eigenvalue weighted by molar-refractivity contribution is 0.0948. The number of rotatable bonds is 6. The lowest BCUT2D eigenvalue weighted by Gasteiger charge is -2.32. The van der Waals surface area contributed by atoms with Gasteiger partial charge in [-0.1, -0.05) is 26.8 Å². The highest BCUT2D eigenvalue weighted by molar-refractivity contribution is 5.97. The summed E-state index contributed by atoms with van der Waals surface area (Å²) in [6.07, 6.45) is 3.32. The largest absolute Gasteiger partial charge is 0.507 e. The van der Waals surface area contributed by atoms with Crippen LogP contribution in [0.4, 0.5) is 10.5 Å². The topological polar surface area (TPSA) is 138 Å². The lowest BCUT2D eigenvalue weighted by atomic mass is 9.86. The third-order valence-corrected chi connectivity index (χ3v) is 7.08. The molecule has 198 valence electrons. The standard InChI is InChI=1S/C27H37N7O3/c1-6-34-24-21(15-30-34)23(32-18-9-11-33(12-10-18)26(28)37)20(16(2)31-24)14-29-25(36)19-8-7-17(13-22(19)35)27(3,4)5/h7-8,13,15,18,35H,6,9-12,14H2,1-5H3,(H2,28,37)(H,29,36)(H,31,32). The number of aryl methyl sites for hydroxylation is 2. The maximum atomic E-state index is 13.0. The van der Waals surface area contributed by atoms with Crippen LogP contribution in [-0.4, -0.2) is 55.8 Å². The molecule has 0 spiro atoms. The number of carbonyl (C=O) groups is 2. The van der Waals surface area contributed by atoms with Gasteiger partial charge in [0.2, 0.25) is 0 Å². The monoisotopic (exact) mass is 507 g/mol. The molecule has 0 unspecified atom stereocenters. The van der Waals surface area contributed by atoms with Crippen molar-refractivity contribution in [1.29, 1.82) is 0 Å². The van der Waals surface area contributed by atoms with Crippen molar-refractivity contribution in [3.63, 3.8) is 0 Å². The maximum absolute atomic E-state index is 13.0. The van der Waals surface area contributed by atoms with E-state index in [-0.39, 0.29) is 35.2 Å². The molecule has 0 bridgehead atoms. The van der Waals surface area contributed by atoms with Crippen LogP contribution in [-0.2, 0) is 18.5 Å². The van der Waals surface area contributed by atoms with E-state index in [2.05, 4.69) is 36.5 Å². The van der Waals surface area contributed by atoms with Gasteiger partial charge in [-0.25, -0.2) is 14.5 Å². The molecule has 3 amide bonds. The quantitative estimate of drug-likeness (QED) is 0.402. The molecule has 37 heavy (non-hydrogen) atoms. The van der Waals surface area contributed by atoms with E-state index < -0.39 is 6.03 Å². The van der Waals surface area contributed by atoms with Gasteiger partial charge in [0.25, 0.3) is 5.91 Å². The third-order valence-electron chi connectivity index (χ3n) is 7.08. The van der Waals surface area contributed by atoms with Gasteiger partial charge in [-0.3, -0.25) is 4.79 Å². The van der Waals surface area contributed by atoms with Crippen molar-refractivity contribution in [3.8, 4) is 5.75 Å². The normalized spacial score (nSPS) is 14.7. The SMILES string of the molecule is CCn1ncc2c(NC3CCN(C(N)=O)CC3)c(CNC(=O)c3ccc(C(C)(C)C)cc3O)c(C)nc21. The Morgan fingerprint density at radius 3 is 2.51 bits per heavy atom. The number of primary amides is 1. The number of fused-ring (bicyclic) bond motifs is 1. The Kier molecular flexibility index (Phi) is 7.29. The fraction of sp³-hybridized carbons (Fsp3) is 0.481. The van der Waals surface area contributed by atoms with Gasteiger partial charge in [0.05, 0.1) is 22.8 Å². The van der Waals surface area contributed by atoms with Gasteiger partial charge in [0.15, 0.2) is 5.65 Å². The van der Waals surface area contributed by atoms with E-state index >= 15 is 0 Å². The first-order valence-corrected chi connectivity index (χ1v) is 12.8. The Labute approximate surface area is 217 Å². The molecule has 2 aromatic heterocycles. The molecule has 5 N–H and O–H groups in total. The van der Waals surface area contributed by atoms with Gasteiger partial charge in [0.1, 0.15) is 5.75 Å². The van der Waals surface area contributed by atoms with Crippen LogP contribution in [0.15, 0.2) is 24.4 Å². The Bertz CT molecular complexity index is 1320. The predicted octanol–water partition coefficient (Wildman–Crippen LogP) is 3.65. The van der Waals surface area contributed by atoms with Gasteiger partial charge >= 0.3 is 6.03 Å². The van der Waals surface area contributed by atoms with Crippen molar-refractivity contribution in [2.75, 3.05) is 18.4 Å². The molecule has 1 saturated heterocycles. The molecule has 4 rings (SSSR count). The molecular weight excluding hydrogens is 470 g/mol. The van der Waals surface area contributed by atoms with Crippen LogP contribution < -0.4 is 16.4 Å². The number of nitrogens with two attached hydrogens (primary N) is 1. The van der Waals surface area contributed by atoms with Crippen LogP contribution in [0.25, 0.3) is 11.0 Å². The second-order valence-electron chi connectivity index (χ2n) is 10.7. The van der Waals surface area contributed by atoms with Crippen LogP contribution in [0.3, 0.4) is 0 Å². The van der Waals surface area contributed by atoms with Crippen LogP contribution in [0.5, 0.6) is 5.75 Å². The van der Waals surface area contributed by atoms with Crippen LogP contribution in [0.1, 0.15) is 67.7 Å². The summed E-state index contributed by atoms with van der Waals surface area (Å²) in [6, 6.07) is 4.92. The third kappa shape index (κ3) is 5.47. The first-order chi connectivity index (χ1) is 17.5. The molecule has 0 radical (unpaired) electrons. The summed E-state index contributed by atoms with van der Waals surface area (Å²) in [5.74, 6) is -0.401. The fourth-order valence-electron chi connectivity index (χ4n) is 4.76. The Morgan fingerprint density at radius 2 is 1.92 bits per heavy atom. The number of likely N-dealkylation sites (tertiary alicyclic amines) is 1. The second-order valence-corrected chi connectivity index (χ2v) is 10.7. The highest BCUT2D eigenvalue weighted by atomic mass is 16.3. The van der Waals surface area contributed by atoms with E-state index in [0.717, 1.165) is 46.4 Å². The van der Waals surface area contributed by atoms with Crippen LogP contribution in [0.2, 0.25) is 0 Å². The van der Waals surface area contributed by atoms with Crippen molar-refractivity contribution < 1.29 is 14.7 Å². The number of hydrogen-bond donors (Lipinski definition) is 4. The number of phenols is 1. The Balaban J connectivity index is 1.60. The molecular formula is C27H37N7O3. The van der Waals surface area contributed by atoms with Gasteiger partial charge in [-0.15, -0.1) is 0 Å². The van der Waals surface area contributed by atoms with E-state index in [1.165, 1.54) is 0 Å². The average molecular weight is 508 g/mol. The van der Waals surface area contributed by atoms with E-state index in [1.54, 1.807) is 23.2 Å². The van der Waals surface area contributed by atoms with E-state index in [1.807, 2.05) is 24.6 Å². The zero-order chi connectivity index (χ0) is 26.9. The number of benzene rings is 1. The Hall–Kier alpha value is -3.82. The molecule has 10 nitrogen and oxygen atoms in total. The molecule has 0 saturated carbocycles. The molecule has 0 aliphatic carbocycles. The smallest absolute Gasteiger partial charge is 0.314 e. The summed E-state index contributed by atoms with van der Waals surface area (Å²) < 4.78 is 1.85. The number of piperidine rings is 1. The molecule has 10 heteroatoms. The second kappa shape index (κ2) is 10.3. The van der Waals surface area contributed by atoms with Gasteiger partial charge in [-0.05, 0) is 49.8 Å². The first-order valence-electron chi connectivity index (χ1n) is 12.8.